The van der Waals surface area contributed by atoms with E-state index in [0.29, 0.717) is 56.1 Å². The first-order valence-corrected chi connectivity index (χ1v) is 16.2. The van der Waals surface area contributed by atoms with Gasteiger partial charge in [0.2, 0.25) is 0 Å². The molecule has 6 heterocycles. The van der Waals surface area contributed by atoms with Crippen LogP contribution in [0.2, 0.25) is 0 Å². The molecule has 0 bridgehead atoms. The maximum Gasteiger partial charge on any atom is 0.256 e. The second-order valence-corrected chi connectivity index (χ2v) is 12.2. The van der Waals surface area contributed by atoms with Crippen LogP contribution in [0.4, 0.5) is 5.82 Å². The van der Waals surface area contributed by atoms with Crippen LogP contribution in [0.25, 0.3) is 16.9 Å². The summed E-state index contributed by atoms with van der Waals surface area (Å²) in [6.07, 6.45) is 3.74. The number of fused-ring (bicyclic) bond motifs is 1. The molecule has 0 spiro atoms. The zero-order valence-corrected chi connectivity index (χ0v) is 27.4. The van der Waals surface area contributed by atoms with E-state index in [0.717, 1.165) is 68.2 Å². The summed E-state index contributed by atoms with van der Waals surface area (Å²) in [5, 5.41) is 11.7. The Morgan fingerprint density at radius 3 is 2.22 bits per heavy atom. The number of hydrogen-bond acceptors (Lipinski definition) is 10. The van der Waals surface area contributed by atoms with Gasteiger partial charge in [-0.3, -0.25) is 34.1 Å². The molecule has 2 aliphatic heterocycles. The van der Waals surface area contributed by atoms with Crippen molar-refractivity contribution in [3.8, 4) is 5.82 Å². The zero-order valence-electron chi connectivity index (χ0n) is 27.4. The van der Waals surface area contributed by atoms with E-state index in [1.807, 2.05) is 66.9 Å². The van der Waals surface area contributed by atoms with Gasteiger partial charge < -0.3 is 19.7 Å². The number of aromatic nitrogens is 5. The third-order valence-electron chi connectivity index (χ3n) is 8.71. The molecule has 13 nitrogen and oxygen atoms in total. The third-order valence-corrected chi connectivity index (χ3v) is 8.71. The van der Waals surface area contributed by atoms with Gasteiger partial charge in [-0.05, 0) is 51.5 Å². The second-order valence-electron chi connectivity index (χ2n) is 12.2. The van der Waals surface area contributed by atoms with Crippen molar-refractivity contribution >= 4 is 22.8 Å². The minimum Gasteiger partial charge on any atom is -0.366 e. The highest BCUT2D eigenvalue weighted by molar-refractivity contribution is 6.06. The highest BCUT2D eigenvalue weighted by Gasteiger charge is 2.27. The Labute approximate surface area is 270 Å². The molecule has 0 radical (unpaired) electrons. The monoisotopic (exact) mass is 630 g/mol. The lowest BCUT2D eigenvalue weighted by atomic mass is 10.1. The predicted molar refractivity (Wildman–Crippen MR) is 177 cm³/mol. The van der Waals surface area contributed by atoms with E-state index in [1.165, 1.54) is 0 Å². The SMILES string of the molecule is CCOCN1CCN(COCN2CCN(C(=O)c3cn(-c4cc(C)[nH]n4)c4nc(N[C@@H](C)c5ccc(C)cn5)ccc34)CC2)CC1. The number of anilines is 1. The van der Waals surface area contributed by atoms with E-state index in [4.69, 9.17) is 14.5 Å². The van der Waals surface area contributed by atoms with Gasteiger partial charge in [0.1, 0.15) is 24.9 Å². The number of ether oxygens (including phenoxy) is 2. The molecule has 4 aromatic heterocycles. The summed E-state index contributed by atoms with van der Waals surface area (Å²) in [6.45, 7) is 17.5. The number of carbonyl (C=O) groups excluding carboxylic acids is 1. The number of amides is 1. The minimum absolute atomic E-state index is 0.00114. The number of H-pyrrole nitrogens is 1. The van der Waals surface area contributed by atoms with Crippen molar-refractivity contribution in [1.82, 2.24) is 44.3 Å². The molecule has 246 valence electrons. The van der Waals surface area contributed by atoms with Crippen molar-refractivity contribution < 1.29 is 14.3 Å². The number of carbonyl (C=O) groups is 1. The van der Waals surface area contributed by atoms with Crippen LogP contribution in [0.1, 0.15) is 47.2 Å². The van der Waals surface area contributed by atoms with Gasteiger partial charge in [0, 0.05) is 88.5 Å². The largest absolute Gasteiger partial charge is 0.366 e. The Morgan fingerprint density at radius 1 is 0.935 bits per heavy atom. The fraction of sp³-hybridized carbons (Fsp3) is 0.515. The molecule has 2 N–H and O–H groups in total. The van der Waals surface area contributed by atoms with Crippen molar-refractivity contribution in [1.29, 1.82) is 0 Å². The van der Waals surface area contributed by atoms with Gasteiger partial charge in [0.15, 0.2) is 5.82 Å². The maximum absolute atomic E-state index is 13.9. The van der Waals surface area contributed by atoms with Crippen LogP contribution in [-0.4, -0.2) is 129 Å². The number of hydrogen-bond donors (Lipinski definition) is 2. The Hall–Kier alpha value is -3.88. The van der Waals surface area contributed by atoms with Gasteiger partial charge in [0.25, 0.3) is 5.91 Å². The summed E-state index contributed by atoms with van der Waals surface area (Å²) in [4.78, 5) is 32.3. The standard InChI is InChI=1S/C33H46N10O3/c1-5-45-21-39-10-12-40(13-11-39)22-46-23-41-14-16-42(17-15-41)33(44)28-20-43(31-18-25(3)37-38-31)32-27(28)7-9-30(36-32)35-26(4)29-8-6-24(2)19-34-29/h6-9,18-20,26H,5,10-17,21-23H2,1-4H3,(H,35,36)(H,37,38)/t26-/m0/s1. The molecule has 4 aromatic rings. The molecule has 6 rings (SSSR count). The van der Waals surface area contributed by atoms with Crippen molar-refractivity contribution in [2.24, 2.45) is 0 Å². The molecule has 1 amide bonds. The Kier molecular flexibility index (Phi) is 10.2. The lowest BCUT2D eigenvalue weighted by molar-refractivity contribution is -0.0629. The van der Waals surface area contributed by atoms with E-state index in [2.05, 4.69) is 48.2 Å². The summed E-state index contributed by atoms with van der Waals surface area (Å²) in [6, 6.07) is 9.89. The Morgan fingerprint density at radius 2 is 1.61 bits per heavy atom. The van der Waals surface area contributed by atoms with Crippen molar-refractivity contribution in [3.63, 3.8) is 0 Å². The van der Waals surface area contributed by atoms with Crippen LogP contribution >= 0.6 is 0 Å². The number of nitrogens with one attached hydrogen (secondary N) is 2. The van der Waals surface area contributed by atoms with Gasteiger partial charge in [-0.15, -0.1) is 0 Å². The predicted octanol–water partition coefficient (Wildman–Crippen LogP) is 3.23. The molecule has 2 aliphatic rings. The van der Waals surface area contributed by atoms with E-state index in [-0.39, 0.29) is 11.9 Å². The van der Waals surface area contributed by atoms with Crippen LogP contribution < -0.4 is 5.32 Å². The Balaban J connectivity index is 1.08. The number of piperazine rings is 2. The van der Waals surface area contributed by atoms with Gasteiger partial charge in [-0.1, -0.05) is 6.07 Å². The summed E-state index contributed by atoms with van der Waals surface area (Å²) >= 11 is 0. The molecular formula is C33H46N10O3. The second kappa shape index (κ2) is 14.7. The highest BCUT2D eigenvalue weighted by Crippen LogP contribution is 2.27. The van der Waals surface area contributed by atoms with E-state index in [1.54, 1.807) is 0 Å². The summed E-state index contributed by atoms with van der Waals surface area (Å²) < 4.78 is 13.5. The van der Waals surface area contributed by atoms with Crippen LogP contribution in [-0.2, 0) is 9.47 Å². The van der Waals surface area contributed by atoms with E-state index < -0.39 is 0 Å². The first kappa shape index (κ1) is 32.1. The van der Waals surface area contributed by atoms with Gasteiger partial charge in [-0.2, -0.15) is 5.10 Å². The molecule has 0 saturated carbocycles. The van der Waals surface area contributed by atoms with Crippen LogP contribution in [0.5, 0.6) is 0 Å². The quantitative estimate of drug-likeness (QED) is 0.242. The molecule has 1 atom stereocenters. The van der Waals surface area contributed by atoms with Gasteiger partial charge >= 0.3 is 0 Å². The summed E-state index contributed by atoms with van der Waals surface area (Å²) in [5.74, 6) is 1.40. The number of rotatable bonds is 12. The molecular weight excluding hydrogens is 584 g/mol. The number of nitrogens with zero attached hydrogens (tertiary/aromatic N) is 8. The minimum atomic E-state index is -0.0427. The Bertz CT molecular complexity index is 1590. The summed E-state index contributed by atoms with van der Waals surface area (Å²) in [7, 11) is 0. The van der Waals surface area contributed by atoms with Gasteiger partial charge in [-0.25, -0.2) is 4.98 Å². The van der Waals surface area contributed by atoms with Crippen LogP contribution in [0, 0.1) is 13.8 Å². The van der Waals surface area contributed by atoms with Gasteiger partial charge in [0.05, 0.1) is 24.0 Å². The third kappa shape index (κ3) is 7.56. The normalized spacial score (nSPS) is 17.5. The number of aromatic amines is 1. The molecule has 2 saturated heterocycles. The van der Waals surface area contributed by atoms with E-state index >= 15 is 0 Å². The highest BCUT2D eigenvalue weighted by atomic mass is 16.5. The molecule has 13 heteroatoms. The van der Waals surface area contributed by atoms with Crippen LogP contribution in [0.3, 0.4) is 0 Å². The fourth-order valence-corrected chi connectivity index (χ4v) is 5.90. The number of aryl methyl sites for hydroxylation is 2. The summed E-state index contributed by atoms with van der Waals surface area (Å²) in [5.41, 5.74) is 4.28. The van der Waals surface area contributed by atoms with Crippen molar-refractivity contribution in [2.45, 2.75) is 33.7 Å². The average molecular weight is 631 g/mol. The molecule has 46 heavy (non-hydrogen) atoms. The molecule has 0 aromatic carbocycles. The van der Waals surface area contributed by atoms with Crippen LogP contribution in [0.15, 0.2) is 42.7 Å². The first-order valence-electron chi connectivity index (χ1n) is 16.2. The lowest BCUT2D eigenvalue weighted by Crippen LogP contribution is -2.50. The zero-order chi connectivity index (χ0) is 32.0. The molecule has 2 fully saturated rings. The van der Waals surface area contributed by atoms with E-state index in [9.17, 15) is 4.79 Å². The van der Waals surface area contributed by atoms with Crippen molar-refractivity contribution in [3.05, 3.63) is 65.2 Å². The average Bonchev–Trinajstić information content (AvgIpc) is 3.67. The lowest BCUT2D eigenvalue weighted by Gasteiger charge is -2.36. The molecule has 0 aliphatic carbocycles. The first-order chi connectivity index (χ1) is 22.4. The fourth-order valence-electron chi connectivity index (χ4n) is 5.90. The molecule has 0 unspecified atom stereocenters. The topological polar surface area (TPSA) is 120 Å². The smallest absolute Gasteiger partial charge is 0.256 e. The van der Waals surface area contributed by atoms with Crippen molar-refractivity contribution in [2.75, 3.05) is 84.5 Å². The maximum atomic E-state index is 13.9. The number of pyridine rings is 2.